The van der Waals surface area contributed by atoms with Gasteiger partial charge in [0.1, 0.15) is 5.82 Å². The Balaban J connectivity index is 1.63. The van der Waals surface area contributed by atoms with Crippen molar-refractivity contribution in [3.8, 4) is 0 Å². The second-order valence-corrected chi connectivity index (χ2v) is 7.46. The van der Waals surface area contributed by atoms with Gasteiger partial charge in [0.25, 0.3) is 5.91 Å². The van der Waals surface area contributed by atoms with Crippen LogP contribution in [0.1, 0.15) is 46.9 Å². The van der Waals surface area contributed by atoms with Gasteiger partial charge in [-0.2, -0.15) is 18.3 Å². The number of nitrogens with zero attached hydrogens (tertiary/aromatic N) is 2. The number of aromatic nitrogens is 2. The Morgan fingerprint density at radius 1 is 1.26 bits per heavy atom. The average Bonchev–Trinajstić information content (AvgIpc) is 3.35. The molecule has 5 nitrogen and oxygen atoms in total. The highest BCUT2D eigenvalue weighted by molar-refractivity contribution is 6.04. The molecule has 8 heteroatoms. The normalized spacial score (nSPS) is 22.1. The largest absolute Gasteiger partial charge is 0.410 e. The van der Waals surface area contributed by atoms with Gasteiger partial charge >= 0.3 is 6.18 Å². The quantitative estimate of drug-likeness (QED) is 0.830. The number of para-hydroxylation sites is 1. The lowest BCUT2D eigenvalue weighted by atomic mass is 10.0. The van der Waals surface area contributed by atoms with Crippen LogP contribution in [-0.4, -0.2) is 27.9 Å². The summed E-state index contributed by atoms with van der Waals surface area (Å²) in [5, 5.41) is 9.91. The monoisotopic (exact) mass is 378 g/mol. The molecule has 1 aliphatic carbocycles. The van der Waals surface area contributed by atoms with Gasteiger partial charge in [0.15, 0.2) is 11.7 Å². The lowest BCUT2D eigenvalue weighted by Crippen LogP contribution is -2.40. The fourth-order valence-electron chi connectivity index (χ4n) is 3.71. The molecule has 1 aromatic carbocycles. The van der Waals surface area contributed by atoms with Gasteiger partial charge in [-0.1, -0.05) is 18.2 Å². The number of carbonyl (C=O) groups is 1. The number of benzene rings is 1. The van der Waals surface area contributed by atoms with Gasteiger partial charge in [-0.15, -0.1) is 0 Å². The smallest absolute Gasteiger partial charge is 0.367 e. The highest BCUT2D eigenvalue weighted by atomic mass is 19.4. The van der Waals surface area contributed by atoms with Gasteiger partial charge < -0.3 is 10.6 Å². The topological polar surface area (TPSA) is 59.0 Å². The van der Waals surface area contributed by atoms with E-state index in [1.54, 1.807) is 0 Å². The van der Waals surface area contributed by atoms with Crippen molar-refractivity contribution in [3.63, 3.8) is 0 Å². The van der Waals surface area contributed by atoms with Crippen LogP contribution in [0.2, 0.25) is 0 Å². The molecular weight excluding hydrogens is 357 g/mol. The molecule has 27 heavy (non-hydrogen) atoms. The molecular formula is C19H21F3N4O. The van der Waals surface area contributed by atoms with Gasteiger partial charge in [0.2, 0.25) is 0 Å². The molecule has 2 aromatic rings. The van der Waals surface area contributed by atoms with Crippen LogP contribution >= 0.6 is 0 Å². The van der Waals surface area contributed by atoms with Crippen molar-refractivity contribution in [2.45, 2.75) is 51.4 Å². The number of alkyl halides is 3. The number of halogens is 3. The van der Waals surface area contributed by atoms with E-state index >= 15 is 0 Å². The maximum absolute atomic E-state index is 13.6. The fourth-order valence-corrected chi connectivity index (χ4v) is 3.71. The molecule has 0 unspecified atom stereocenters. The summed E-state index contributed by atoms with van der Waals surface area (Å²) in [5.41, 5.74) is 2.40. The first-order valence-electron chi connectivity index (χ1n) is 9.04. The number of rotatable bonds is 3. The van der Waals surface area contributed by atoms with E-state index < -0.39 is 18.1 Å². The third-order valence-corrected chi connectivity index (χ3v) is 5.36. The van der Waals surface area contributed by atoms with E-state index in [4.69, 9.17) is 0 Å². The molecule has 2 atom stereocenters. The predicted molar refractivity (Wildman–Crippen MR) is 95.9 cm³/mol. The Kier molecular flexibility index (Phi) is 4.16. The van der Waals surface area contributed by atoms with Gasteiger partial charge in [-0.25, -0.2) is 4.68 Å². The predicted octanol–water partition coefficient (Wildman–Crippen LogP) is 4.45. The number of amides is 1. The molecule has 1 fully saturated rings. The lowest BCUT2D eigenvalue weighted by Gasteiger charge is -2.33. The standard InChI is InChI=1S/C19H21F3N4O/c1-10-4-3-5-11(2)17(10)24-18(27)14-9-16-23-13(12-6-7-12)8-15(19(20,21)22)26(16)25-14/h3-5,9,12-13,15,23H,6-8H2,1-2H3,(H,24,27)/t13-,15-/m1/s1. The second kappa shape index (κ2) is 6.28. The highest BCUT2D eigenvalue weighted by Gasteiger charge is 2.49. The third-order valence-electron chi connectivity index (χ3n) is 5.36. The molecule has 0 spiro atoms. The van der Waals surface area contributed by atoms with Crippen molar-refractivity contribution in [1.29, 1.82) is 0 Å². The summed E-state index contributed by atoms with van der Waals surface area (Å²) in [4.78, 5) is 12.6. The van der Waals surface area contributed by atoms with E-state index in [0.29, 0.717) is 5.69 Å². The molecule has 144 valence electrons. The number of hydrogen-bond donors (Lipinski definition) is 2. The third kappa shape index (κ3) is 3.40. The average molecular weight is 378 g/mol. The van der Waals surface area contributed by atoms with Crippen LogP contribution < -0.4 is 10.6 Å². The minimum absolute atomic E-state index is 0.0224. The van der Waals surface area contributed by atoms with Crippen LogP contribution in [0.4, 0.5) is 24.7 Å². The molecule has 1 aromatic heterocycles. The van der Waals surface area contributed by atoms with Gasteiger partial charge in [-0.3, -0.25) is 4.79 Å². The Labute approximate surface area is 154 Å². The summed E-state index contributed by atoms with van der Waals surface area (Å²) < 4.78 is 41.6. The molecule has 4 rings (SSSR count). The zero-order valence-corrected chi connectivity index (χ0v) is 15.1. The zero-order valence-electron chi connectivity index (χ0n) is 15.1. The Hall–Kier alpha value is -2.51. The number of nitrogens with one attached hydrogen (secondary N) is 2. The van der Waals surface area contributed by atoms with Crippen LogP contribution in [0.5, 0.6) is 0 Å². The van der Waals surface area contributed by atoms with Gasteiger partial charge in [0, 0.05) is 17.8 Å². The van der Waals surface area contributed by atoms with E-state index in [1.807, 2.05) is 32.0 Å². The molecule has 1 aliphatic heterocycles. The van der Waals surface area contributed by atoms with Crippen molar-refractivity contribution in [3.05, 3.63) is 41.1 Å². The van der Waals surface area contributed by atoms with E-state index in [-0.39, 0.29) is 29.9 Å². The Morgan fingerprint density at radius 3 is 2.52 bits per heavy atom. The van der Waals surface area contributed by atoms with E-state index in [9.17, 15) is 18.0 Å². The SMILES string of the molecule is Cc1cccc(C)c1NC(=O)c1cc2n(n1)[C@@H](C(F)(F)F)C[C@H](C1CC1)N2. The van der Waals surface area contributed by atoms with Crippen LogP contribution in [0, 0.1) is 19.8 Å². The maximum Gasteiger partial charge on any atom is 0.410 e. The summed E-state index contributed by atoms with van der Waals surface area (Å²) in [7, 11) is 0. The fraction of sp³-hybridized carbons (Fsp3) is 0.474. The molecule has 0 bridgehead atoms. The van der Waals surface area contributed by atoms with Crippen LogP contribution in [0.3, 0.4) is 0 Å². The summed E-state index contributed by atoms with van der Waals surface area (Å²) in [5.74, 6) is 0.0116. The summed E-state index contributed by atoms with van der Waals surface area (Å²) in [6, 6.07) is 5.09. The molecule has 2 aliphatic rings. The molecule has 0 saturated heterocycles. The van der Waals surface area contributed by atoms with E-state index in [1.165, 1.54) is 6.07 Å². The van der Waals surface area contributed by atoms with Gasteiger partial charge in [0.05, 0.1) is 0 Å². The zero-order chi connectivity index (χ0) is 19.3. The van der Waals surface area contributed by atoms with E-state index in [2.05, 4.69) is 15.7 Å². The van der Waals surface area contributed by atoms with Crippen molar-refractivity contribution >= 4 is 17.4 Å². The second-order valence-electron chi connectivity index (χ2n) is 7.46. The highest BCUT2D eigenvalue weighted by Crippen LogP contribution is 2.45. The number of carbonyl (C=O) groups excluding carboxylic acids is 1. The van der Waals surface area contributed by atoms with Gasteiger partial charge in [-0.05, 0) is 50.2 Å². The molecule has 0 radical (unpaired) electrons. The van der Waals surface area contributed by atoms with Crippen molar-refractivity contribution < 1.29 is 18.0 Å². The summed E-state index contributed by atoms with van der Waals surface area (Å²) >= 11 is 0. The first-order valence-corrected chi connectivity index (χ1v) is 9.04. The van der Waals surface area contributed by atoms with E-state index in [0.717, 1.165) is 28.7 Å². The van der Waals surface area contributed by atoms with Crippen LogP contribution in [-0.2, 0) is 0 Å². The minimum atomic E-state index is -4.41. The Bertz CT molecular complexity index is 865. The van der Waals surface area contributed by atoms with Crippen molar-refractivity contribution in [1.82, 2.24) is 9.78 Å². The van der Waals surface area contributed by atoms with Crippen LogP contribution in [0.25, 0.3) is 0 Å². The minimum Gasteiger partial charge on any atom is -0.367 e. The molecule has 2 heterocycles. The number of hydrogen-bond acceptors (Lipinski definition) is 3. The number of fused-ring (bicyclic) bond motifs is 1. The number of aryl methyl sites for hydroxylation is 2. The summed E-state index contributed by atoms with van der Waals surface area (Å²) in [6.45, 7) is 3.73. The van der Waals surface area contributed by atoms with Crippen molar-refractivity contribution in [2.75, 3.05) is 10.6 Å². The summed E-state index contributed by atoms with van der Waals surface area (Å²) in [6.07, 6.45) is -2.58. The van der Waals surface area contributed by atoms with Crippen molar-refractivity contribution in [2.24, 2.45) is 5.92 Å². The first-order chi connectivity index (χ1) is 12.7. The lowest BCUT2D eigenvalue weighted by molar-refractivity contribution is -0.174. The first kappa shape index (κ1) is 17.9. The maximum atomic E-state index is 13.6. The van der Waals surface area contributed by atoms with Crippen LogP contribution in [0.15, 0.2) is 24.3 Å². The molecule has 1 saturated carbocycles. The Morgan fingerprint density at radius 2 is 1.93 bits per heavy atom. The molecule has 1 amide bonds. The number of anilines is 2. The molecule has 2 N–H and O–H groups in total.